The van der Waals surface area contributed by atoms with Gasteiger partial charge in [0.25, 0.3) is 0 Å². The lowest BCUT2D eigenvalue weighted by molar-refractivity contribution is -0.116. The summed E-state index contributed by atoms with van der Waals surface area (Å²) in [6.45, 7) is 4.43. The maximum Gasteiger partial charge on any atom is 0.335 e. The van der Waals surface area contributed by atoms with Crippen LogP contribution < -0.4 is 10.6 Å². The highest BCUT2D eigenvalue weighted by Crippen LogP contribution is 2.41. The quantitative estimate of drug-likeness (QED) is 0.265. The fourth-order valence-electron chi connectivity index (χ4n) is 5.21. The van der Waals surface area contributed by atoms with Gasteiger partial charge in [0.15, 0.2) is 5.11 Å². The maximum atomic E-state index is 12.8. The zero-order chi connectivity index (χ0) is 27.5. The van der Waals surface area contributed by atoms with Crippen LogP contribution in [0.5, 0.6) is 0 Å². The molecule has 1 saturated heterocycles. The molecular formula is C30H29N5O3S. The molecule has 1 aliphatic heterocycles. The molecule has 8 nitrogen and oxygen atoms in total. The van der Waals surface area contributed by atoms with Gasteiger partial charge in [0.2, 0.25) is 5.91 Å². The number of aromatic nitrogens is 2. The Kier molecular flexibility index (Phi) is 7.42. The molecule has 3 heterocycles. The van der Waals surface area contributed by atoms with Gasteiger partial charge in [-0.15, -0.1) is 0 Å². The minimum Gasteiger partial charge on any atom is -0.478 e. The van der Waals surface area contributed by atoms with Crippen LogP contribution in [0.25, 0.3) is 5.69 Å². The molecule has 3 N–H and O–H groups in total. The van der Waals surface area contributed by atoms with E-state index in [0.29, 0.717) is 11.7 Å². The zero-order valence-corrected chi connectivity index (χ0v) is 22.5. The number of hydrogen-bond acceptors (Lipinski definition) is 4. The maximum absolute atomic E-state index is 12.8. The third-order valence-electron chi connectivity index (χ3n) is 6.98. The number of pyridine rings is 1. The summed E-state index contributed by atoms with van der Waals surface area (Å²) in [6.07, 6.45) is 2.01. The lowest BCUT2D eigenvalue weighted by atomic mass is 9.96. The van der Waals surface area contributed by atoms with Gasteiger partial charge in [0.05, 0.1) is 23.3 Å². The van der Waals surface area contributed by atoms with Gasteiger partial charge in [-0.3, -0.25) is 9.78 Å². The van der Waals surface area contributed by atoms with E-state index < -0.39 is 5.97 Å². The van der Waals surface area contributed by atoms with Gasteiger partial charge in [-0.2, -0.15) is 0 Å². The number of nitrogens with one attached hydrogen (secondary N) is 2. The first kappa shape index (κ1) is 26.1. The molecule has 1 amide bonds. The van der Waals surface area contributed by atoms with Crippen molar-refractivity contribution in [2.24, 2.45) is 0 Å². The number of benzene rings is 2. The van der Waals surface area contributed by atoms with Crippen LogP contribution in [0.1, 0.15) is 51.5 Å². The van der Waals surface area contributed by atoms with Gasteiger partial charge in [-0.1, -0.05) is 30.3 Å². The third kappa shape index (κ3) is 5.39. The van der Waals surface area contributed by atoms with E-state index in [4.69, 9.17) is 12.2 Å². The predicted octanol–water partition coefficient (Wildman–Crippen LogP) is 5.19. The standard InChI is InChI=1S/C30H29N5O3S/c1-19-17-24(20(2)35(19)23-12-8-9-21(18-23)29(37)38)28-27(25-13-6-7-15-31-25)33-30(39)34(28)16-14-26(36)32-22-10-4-3-5-11-22/h3-13,15,17-18,27-28H,14,16H2,1-2H3,(H,32,36)(H,33,39)(H,37,38)/t27-,28-/m0/s1. The van der Waals surface area contributed by atoms with Crippen LogP contribution in [0.4, 0.5) is 5.69 Å². The van der Waals surface area contributed by atoms with Crippen molar-refractivity contribution in [2.45, 2.75) is 32.4 Å². The second kappa shape index (κ2) is 11.1. The molecule has 39 heavy (non-hydrogen) atoms. The number of anilines is 1. The molecule has 1 fully saturated rings. The van der Waals surface area contributed by atoms with Crippen LogP contribution in [0.15, 0.2) is 85.1 Å². The Hall–Kier alpha value is -4.50. The summed E-state index contributed by atoms with van der Waals surface area (Å²) in [5.74, 6) is -1.07. The number of amides is 1. The Morgan fingerprint density at radius 1 is 1.03 bits per heavy atom. The second-order valence-corrected chi connectivity index (χ2v) is 9.89. The molecular weight excluding hydrogens is 510 g/mol. The van der Waals surface area contributed by atoms with Crippen molar-refractivity contribution in [1.29, 1.82) is 0 Å². The Labute approximate surface area is 232 Å². The fraction of sp³-hybridized carbons (Fsp3) is 0.200. The molecule has 0 spiro atoms. The van der Waals surface area contributed by atoms with Gasteiger partial charge in [-0.25, -0.2) is 4.79 Å². The van der Waals surface area contributed by atoms with Crippen molar-refractivity contribution in [3.05, 3.63) is 113 Å². The number of carboxylic acids is 1. The smallest absolute Gasteiger partial charge is 0.335 e. The topological polar surface area (TPSA) is 99.5 Å². The largest absolute Gasteiger partial charge is 0.478 e. The molecule has 4 aromatic rings. The number of nitrogens with zero attached hydrogens (tertiary/aromatic N) is 3. The molecule has 2 aromatic carbocycles. The average Bonchev–Trinajstić information content (AvgIpc) is 3.42. The van der Waals surface area contributed by atoms with E-state index in [2.05, 4.69) is 31.2 Å². The van der Waals surface area contributed by atoms with Crippen LogP contribution in [0, 0.1) is 13.8 Å². The summed E-state index contributed by atoms with van der Waals surface area (Å²) < 4.78 is 2.05. The molecule has 1 aliphatic rings. The monoisotopic (exact) mass is 539 g/mol. The number of carboxylic acid groups (broad SMARTS) is 1. The third-order valence-corrected chi connectivity index (χ3v) is 7.33. The highest BCUT2D eigenvalue weighted by atomic mass is 32.1. The Morgan fingerprint density at radius 2 is 1.79 bits per heavy atom. The minimum absolute atomic E-state index is 0.0972. The summed E-state index contributed by atoms with van der Waals surface area (Å²) in [7, 11) is 0. The summed E-state index contributed by atoms with van der Waals surface area (Å²) >= 11 is 5.78. The van der Waals surface area contributed by atoms with Crippen molar-refractivity contribution < 1.29 is 14.7 Å². The van der Waals surface area contributed by atoms with Gasteiger partial charge in [-0.05, 0) is 80.2 Å². The first-order valence-electron chi connectivity index (χ1n) is 12.7. The Balaban J connectivity index is 1.49. The molecule has 198 valence electrons. The summed E-state index contributed by atoms with van der Waals surface area (Å²) in [4.78, 5) is 31.1. The SMILES string of the molecule is Cc1cc([C@H]2[C@H](c3ccccn3)NC(=S)N2CCC(=O)Nc2ccccc2)c(C)n1-c1cccc(C(=O)O)c1. The number of aryl methyl sites for hydroxylation is 1. The van der Waals surface area contributed by atoms with Gasteiger partial charge in [0.1, 0.15) is 0 Å². The number of rotatable bonds is 8. The predicted molar refractivity (Wildman–Crippen MR) is 154 cm³/mol. The average molecular weight is 540 g/mol. The first-order valence-corrected chi connectivity index (χ1v) is 13.1. The summed E-state index contributed by atoms with van der Waals surface area (Å²) in [5.41, 5.74) is 5.55. The second-order valence-electron chi connectivity index (χ2n) is 9.50. The van der Waals surface area contributed by atoms with Crippen molar-refractivity contribution >= 4 is 34.9 Å². The van der Waals surface area contributed by atoms with E-state index in [0.717, 1.165) is 34.0 Å². The highest BCUT2D eigenvalue weighted by Gasteiger charge is 2.41. The van der Waals surface area contributed by atoms with Gasteiger partial charge >= 0.3 is 5.97 Å². The van der Waals surface area contributed by atoms with Crippen LogP contribution in [0.2, 0.25) is 0 Å². The van der Waals surface area contributed by atoms with E-state index in [1.807, 2.05) is 68.4 Å². The first-order chi connectivity index (χ1) is 18.8. The van der Waals surface area contributed by atoms with Gasteiger partial charge < -0.3 is 25.2 Å². The molecule has 0 radical (unpaired) electrons. The summed E-state index contributed by atoms with van der Waals surface area (Å²) in [6, 6.07) is 23.7. The lowest BCUT2D eigenvalue weighted by Gasteiger charge is -2.28. The Bertz CT molecular complexity index is 1520. The molecule has 2 atom stereocenters. The molecule has 0 saturated carbocycles. The number of aromatic carboxylic acids is 1. The number of thiocarbonyl (C=S) groups is 1. The molecule has 2 aromatic heterocycles. The molecule has 0 unspecified atom stereocenters. The lowest BCUT2D eigenvalue weighted by Crippen LogP contribution is -2.32. The highest BCUT2D eigenvalue weighted by molar-refractivity contribution is 7.80. The van der Waals surface area contributed by atoms with Crippen molar-refractivity contribution in [2.75, 3.05) is 11.9 Å². The molecule has 5 rings (SSSR count). The molecule has 0 bridgehead atoms. The van der Waals surface area contributed by atoms with Crippen LogP contribution in [-0.4, -0.2) is 43.1 Å². The number of carbonyl (C=O) groups excluding carboxylic acids is 1. The van der Waals surface area contributed by atoms with Crippen LogP contribution in [0.3, 0.4) is 0 Å². The normalized spacial score (nSPS) is 16.7. The van der Waals surface area contributed by atoms with E-state index in [9.17, 15) is 14.7 Å². The number of para-hydroxylation sites is 1. The van der Waals surface area contributed by atoms with Gasteiger partial charge in [0, 0.05) is 41.9 Å². The minimum atomic E-state index is -0.972. The van der Waals surface area contributed by atoms with E-state index in [-0.39, 0.29) is 30.0 Å². The fourth-order valence-corrected chi connectivity index (χ4v) is 5.55. The van der Waals surface area contributed by atoms with E-state index in [1.165, 1.54) is 0 Å². The van der Waals surface area contributed by atoms with Crippen LogP contribution in [-0.2, 0) is 4.79 Å². The Morgan fingerprint density at radius 3 is 2.51 bits per heavy atom. The van der Waals surface area contributed by atoms with Crippen molar-refractivity contribution in [3.8, 4) is 5.69 Å². The summed E-state index contributed by atoms with van der Waals surface area (Å²) in [5, 5.41) is 16.5. The zero-order valence-electron chi connectivity index (χ0n) is 21.7. The van der Waals surface area contributed by atoms with Crippen molar-refractivity contribution in [1.82, 2.24) is 19.8 Å². The number of hydrogen-bond donors (Lipinski definition) is 3. The van der Waals surface area contributed by atoms with E-state index >= 15 is 0 Å². The van der Waals surface area contributed by atoms with Crippen LogP contribution >= 0.6 is 12.2 Å². The van der Waals surface area contributed by atoms with E-state index in [1.54, 1.807) is 24.4 Å². The number of carbonyl (C=O) groups is 2. The molecule has 9 heteroatoms. The van der Waals surface area contributed by atoms with Crippen molar-refractivity contribution in [3.63, 3.8) is 0 Å². The molecule has 0 aliphatic carbocycles.